The second-order valence-electron chi connectivity index (χ2n) is 7.56. The summed E-state index contributed by atoms with van der Waals surface area (Å²) in [7, 11) is 1.62. The smallest absolute Gasteiger partial charge is 0.111 e. The fourth-order valence-electron chi connectivity index (χ4n) is 3.63. The highest BCUT2D eigenvalue weighted by atomic mass is 16.5. The van der Waals surface area contributed by atoms with Crippen LogP contribution in [0.3, 0.4) is 0 Å². The maximum atomic E-state index is 5.16. The molecule has 0 radical (unpaired) electrons. The molecule has 1 fully saturated rings. The van der Waals surface area contributed by atoms with E-state index >= 15 is 0 Å². The molecule has 1 saturated heterocycles. The molecule has 0 bridgehead atoms. The molecule has 1 aliphatic rings. The van der Waals surface area contributed by atoms with Gasteiger partial charge >= 0.3 is 0 Å². The van der Waals surface area contributed by atoms with E-state index in [1.165, 1.54) is 12.8 Å². The van der Waals surface area contributed by atoms with Gasteiger partial charge in [-0.05, 0) is 62.1 Å². The number of methoxy groups -OCH3 is 1. The summed E-state index contributed by atoms with van der Waals surface area (Å²) in [6.45, 7) is 14.4. The van der Waals surface area contributed by atoms with Gasteiger partial charge in [0.25, 0.3) is 0 Å². The number of allylic oxidation sites excluding steroid dienone is 4. The maximum absolute atomic E-state index is 5.16. The van der Waals surface area contributed by atoms with Gasteiger partial charge < -0.3 is 9.64 Å². The molecule has 0 amide bonds. The molecule has 3 rings (SSSR count). The Balaban J connectivity index is 2.03. The van der Waals surface area contributed by atoms with Crippen LogP contribution in [0.2, 0.25) is 0 Å². The number of aromatic nitrogens is 1. The van der Waals surface area contributed by atoms with Crippen LogP contribution < -0.4 is 0 Å². The van der Waals surface area contributed by atoms with E-state index in [1.54, 1.807) is 13.3 Å². The Morgan fingerprint density at radius 2 is 1.90 bits per heavy atom. The van der Waals surface area contributed by atoms with Crippen molar-refractivity contribution >= 4 is 22.7 Å². The second kappa shape index (κ2) is 10.6. The lowest BCUT2D eigenvalue weighted by Crippen LogP contribution is -2.16. The van der Waals surface area contributed by atoms with Gasteiger partial charge in [-0.1, -0.05) is 37.4 Å². The van der Waals surface area contributed by atoms with Crippen molar-refractivity contribution in [1.82, 2.24) is 9.88 Å². The molecule has 160 valence electrons. The van der Waals surface area contributed by atoms with Crippen LogP contribution in [0.1, 0.15) is 43.4 Å². The molecule has 1 aromatic heterocycles. The van der Waals surface area contributed by atoms with Crippen LogP contribution in [-0.4, -0.2) is 35.8 Å². The lowest BCUT2D eigenvalue weighted by atomic mass is 9.99. The summed E-state index contributed by atoms with van der Waals surface area (Å²) in [6, 6.07) is 10.3. The quantitative estimate of drug-likeness (QED) is 0.285. The molecule has 4 heteroatoms. The molecule has 0 N–H and O–H groups in total. The number of hydrogen-bond donors (Lipinski definition) is 0. The van der Waals surface area contributed by atoms with Crippen molar-refractivity contribution in [2.45, 2.75) is 26.7 Å². The predicted molar refractivity (Wildman–Crippen MR) is 131 cm³/mol. The summed E-state index contributed by atoms with van der Waals surface area (Å²) in [5.41, 5.74) is 7.14. The van der Waals surface area contributed by atoms with Crippen LogP contribution in [0.15, 0.2) is 84.9 Å². The topological polar surface area (TPSA) is 37.7 Å². The fraction of sp³-hybridized carbons (Fsp3) is 0.259. The van der Waals surface area contributed by atoms with Crippen molar-refractivity contribution in [3.63, 3.8) is 0 Å². The Kier molecular flexibility index (Phi) is 7.60. The van der Waals surface area contributed by atoms with E-state index in [0.29, 0.717) is 5.76 Å². The summed E-state index contributed by atoms with van der Waals surface area (Å²) >= 11 is 0. The van der Waals surface area contributed by atoms with Crippen molar-refractivity contribution in [3.05, 3.63) is 96.6 Å². The molecule has 1 aliphatic heterocycles. The zero-order valence-electron chi connectivity index (χ0n) is 18.8. The first kappa shape index (κ1) is 22.3. The van der Waals surface area contributed by atoms with E-state index < -0.39 is 0 Å². The number of benzene rings is 1. The molecule has 0 saturated carbocycles. The number of hydrogen-bond acceptors (Lipinski definition) is 4. The Hall–Kier alpha value is -3.40. The van der Waals surface area contributed by atoms with Crippen molar-refractivity contribution in [1.29, 1.82) is 0 Å². The zero-order chi connectivity index (χ0) is 22.2. The standard InChI is InChI=1S/C27H31N3O/c1-6-23(12-11-20(2)31-5)24-13-14-27(29-21(3)25-10-9-15-28-19-25)26(18-24)22(4)30-16-7-8-17-30/h6,9-15,18-19H,2,4,7-8,16-17H2,1,3,5H3/b12-11-,23-6+,29-21?. The van der Waals surface area contributed by atoms with Gasteiger partial charge in [0.15, 0.2) is 0 Å². The lowest BCUT2D eigenvalue weighted by molar-refractivity contribution is 0.309. The highest BCUT2D eigenvalue weighted by molar-refractivity contribution is 6.00. The maximum Gasteiger partial charge on any atom is 0.111 e. The molecule has 0 unspecified atom stereocenters. The summed E-state index contributed by atoms with van der Waals surface area (Å²) in [6.07, 6.45) is 12.0. The highest BCUT2D eigenvalue weighted by Crippen LogP contribution is 2.33. The zero-order valence-corrected chi connectivity index (χ0v) is 18.8. The van der Waals surface area contributed by atoms with Crippen LogP contribution in [-0.2, 0) is 4.74 Å². The van der Waals surface area contributed by atoms with Gasteiger partial charge in [0.2, 0.25) is 0 Å². The third-order valence-electron chi connectivity index (χ3n) is 5.52. The molecule has 31 heavy (non-hydrogen) atoms. The average molecular weight is 414 g/mol. The van der Waals surface area contributed by atoms with Crippen molar-refractivity contribution in [2.24, 2.45) is 4.99 Å². The summed E-state index contributed by atoms with van der Waals surface area (Å²) in [5.74, 6) is 0.620. The number of pyridine rings is 1. The largest absolute Gasteiger partial charge is 0.497 e. The Morgan fingerprint density at radius 1 is 1.13 bits per heavy atom. The Labute approximate surface area is 186 Å². The molecule has 4 nitrogen and oxygen atoms in total. The Morgan fingerprint density at radius 3 is 2.55 bits per heavy atom. The van der Waals surface area contributed by atoms with E-state index in [1.807, 2.05) is 44.3 Å². The van der Waals surface area contributed by atoms with Crippen LogP contribution in [0, 0.1) is 0 Å². The van der Waals surface area contributed by atoms with E-state index in [4.69, 9.17) is 9.73 Å². The number of nitrogens with zero attached hydrogens (tertiary/aromatic N) is 3. The third kappa shape index (κ3) is 5.60. The van der Waals surface area contributed by atoms with Gasteiger partial charge in [-0.3, -0.25) is 9.98 Å². The first-order valence-corrected chi connectivity index (χ1v) is 10.6. The first-order chi connectivity index (χ1) is 15.0. The monoisotopic (exact) mass is 413 g/mol. The SMILES string of the molecule is C=C(/C=C\C(=C/C)c1ccc(N=C(C)c2cccnc2)c(C(=C)N2CCCC2)c1)OC. The molecular weight excluding hydrogens is 382 g/mol. The molecule has 0 atom stereocenters. The molecular formula is C27H31N3O. The number of ether oxygens (including phenoxy) is 1. The summed E-state index contributed by atoms with van der Waals surface area (Å²) < 4.78 is 5.16. The first-order valence-electron chi connectivity index (χ1n) is 10.6. The molecule has 2 aromatic rings. The van der Waals surface area contributed by atoms with Crippen LogP contribution in [0.5, 0.6) is 0 Å². The van der Waals surface area contributed by atoms with Crippen LogP contribution >= 0.6 is 0 Å². The van der Waals surface area contributed by atoms with Gasteiger partial charge in [0.05, 0.1) is 12.8 Å². The Bertz CT molecular complexity index is 1030. The second-order valence-corrected chi connectivity index (χ2v) is 7.56. The number of aliphatic imine (C=N–C) groups is 1. The molecule has 0 aliphatic carbocycles. The van der Waals surface area contributed by atoms with Crippen molar-refractivity contribution < 1.29 is 4.74 Å². The minimum Gasteiger partial charge on any atom is -0.497 e. The summed E-state index contributed by atoms with van der Waals surface area (Å²) in [4.78, 5) is 11.5. The molecule has 1 aromatic carbocycles. The van der Waals surface area contributed by atoms with Gasteiger partial charge in [0, 0.05) is 48.0 Å². The lowest BCUT2D eigenvalue weighted by Gasteiger charge is -2.22. The van der Waals surface area contributed by atoms with E-state index in [9.17, 15) is 0 Å². The van der Waals surface area contributed by atoms with Gasteiger partial charge in [-0.15, -0.1) is 0 Å². The molecule has 0 spiro atoms. The van der Waals surface area contributed by atoms with Crippen LogP contribution in [0.4, 0.5) is 5.69 Å². The average Bonchev–Trinajstić information content (AvgIpc) is 3.35. The van der Waals surface area contributed by atoms with E-state index in [-0.39, 0.29) is 0 Å². The fourth-order valence-corrected chi connectivity index (χ4v) is 3.63. The van der Waals surface area contributed by atoms with Crippen molar-refractivity contribution in [3.8, 4) is 0 Å². The number of rotatable bonds is 8. The third-order valence-corrected chi connectivity index (χ3v) is 5.52. The van der Waals surface area contributed by atoms with E-state index in [2.05, 4.69) is 47.3 Å². The minimum atomic E-state index is 0.620. The van der Waals surface area contributed by atoms with Gasteiger partial charge in [0.1, 0.15) is 5.76 Å². The number of likely N-dealkylation sites (tertiary alicyclic amines) is 1. The molecule has 2 heterocycles. The van der Waals surface area contributed by atoms with E-state index in [0.717, 1.165) is 52.4 Å². The summed E-state index contributed by atoms with van der Waals surface area (Å²) in [5, 5.41) is 0. The van der Waals surface area contributed by atoms with Crippen molar-refractivity contribution in [2.75, 3.05) is 20.2 Å². The predicted octanol–water partition coefficient (Wildman–Crippen LogP) is 6.41. The highest BCUT2D eigenvalue weighted by Gasteiger charge is 2.18. The normalized spacial score (nSPS) is 14.9. The van der Waals surface area contributed by atoms with Gasteiger partial charge in [-0.25, -0.2) is 0 Å². The van der Waals surface area contributed by atoms with Gasteiger partial charge in [-0.2, -0.15) is 0 Å². The van der Waals surface area contributed by atoms with Crippen LogP contribution in [0.25, 0.3) is 11.3 Å². The minimum absolute atomic E-state index is 0.620.